The SMILES string of the molecule is O=C(NCc1ccc2c(c1)OCO2)c1ccc(F)c(F)c1F. The predicted molar refractivity (Wildman–Crippen MR) is 70.1 cm³/mol. The van der Waals surface area contributed by atoms with Crippen LogP contribution >= 0.6 is 0 Å². The quantitative estimate of drug-likeness (QED) is 0.887. The molecule has 1 amide bonds. The van der Waals surface area contributed by atoms with Crippen molar-refractivity contribution in [1.29, 1.82) is 0 Å². The zero-order valence-corrected chi connectivity index (χ0v) is 11.2. The Hall–Kier alpha value is -2.70. The van der Waals surface area contributed by atoms with Crippen LogP contribution in [0.5, 0.6) is 11.5 Å². The number of hydrogen-bond donors (Lipinski definition) is 1. The van der Waals surface area contributed by atoms with Gasteiger partial charge < -0.3 is 14.8 Å². The van der Waals surface area contributed by atoms with Gasteiger partial charge in [-0.1, -0.05) is 6.07 Å². The third-order valence-corrected chi connectivity index (χ3v) is 3.17. The van der Waals surface area contributed by atoms with Gasteiger partial charge in [-0.25, -0.2) is 13.2 Å². The summed E-state index contributed by atoms with van der Waals surface area (Å²) in [6.07, 6.45) is 0. The fourth-order valence-electron chi connectivity index (χ4n) is 2.03. The van der Waals surface area contributed by atoms with Crippen molar-refractivity contribution in [3.05, 3.63) is 58.9 Å². The van der Waals surface area contributed by atoms with Gasteiger partial charge in [-0.3, -0.25) is 4.79 Å². The molecule has 22 heavy (non-hydrogen) atoms. The Morgan fingerprint density at radius 3 is 2.64 bits per heavy atom. The molecule has 2 aromatic rings. The van der Waals surface area contributed by atoms with Crippen molar-refractivity contribution in [3.8, 4) is 11.5 Å². The summed E-state index contributed by atoms with van der Waals surface area (Å²) in [4.78, 5) is 11.8. The molecule has 0 unspecified atom stereocenters. The number of halogens is 3. The van der Waals surface area contributed by atoms with Gasteiger partial charge in [0, 0.05) is 6.54 Å². The van der Waals surface area contributed by atoms with E-state index < -0.39 is 28.9 Å². The molecule has 4 nitrogen and oxygen atoms in total. The maximum Gasteiger partial charge on any atom is 0.254 e. The van der Waals surface area contributed by atoms with E-state index in [4.69, 9.17) is 9.47 Å². The number of ether oxygens (including phenoxy) is 2. The van der Waals surface area contributed by atoms with Gasteiger partial charge in [0.2, 0.25) is 6.79 Å². The minimum atomic E-state index is -1.67. The summed E-state index contributed by atoms with van der Waals surface area (Å²) in [6, 6.07) is 6.65. The van der Waals surface area contributed by atoms with E-state index in [0.717, 1.165) is 6.07 Å². The van der Waals surface area contributed by atoms with Gasteiger partial charge in [0.25, 0.3) is 5.91 Å². The van der Waals surface area contributed by atoms with Crippen LogP contribution in [0, 0.1) is 17.5 Å². The van der Waals surface area contributed by atoms with Crippen molar-refractivity contribution >= 4 is 5.91 Å². The highest BCUT2D eigenvalue weighted by atomic mass is 19.2. The number of rotatable bonds is 3. The zero-order valence-electron chi connectivity index (χ0n) is 11.2. The van der Waals surface area contributed by atoms with E-state index in [-0.39, 0.29) is 13.3 Å². The maximum absolute atomic E-state index is 13.5. The molecular formula is C15H10F3NO3. The van der Waals surface area contributed by atoms with Crippen molar-refractivity contribution in [2.24, 2.45) is 0 Å². The average Bonchev–Trinajstić information content (AvgIpc) is 2.98. The van der Waals surface area contributed by atoms with E-state index in [0.29, 0.717) is 23.1 Å². The second-order valence-electron chi connectivity index (χ2n) is 4.59. The normalized spacial score (nSPS) is 12.3. The van der Waals surface area contributed by atoms with Gasteiger partial charge in [0.15, 0.2) is 29.0 Å². The molecule has 0 fully saturated rings. The molecule has 0 aromatic heterocycles. The van der Waals surface area contributed by atoms with Crippen LogP contribution in [0.1, 0.15) is 15.9 Å². The van der Waals surface area contributed by atoms with E-state index in [1.165, 1.54) is 0 Å². The van der Waals surface area contributed by atoms with Crippen LogP contribution in [0.25, 0.3) is 0 Å². The summed E-state index contributed by atoms with van der Waals surface area (Å²) >= 11 is 0. The van der Waals surface area contributed by atoms with Crippen LogP contribution in [0.4, 0.5) is 13.2 Å². The van der Waals surface area contributed by atoms with Gasteiger partial charge >= 0.3 is 0 Å². The van der Waals surface area contributed by atoms with E-state index in [1.807, 2.05) is 0 Å². The Morgan fingerprint density at radius 2 is 1.82 bits per heavy atom. The molecule has 0 spiro atoms. The van der Waals surface area contributed by atoms with Crippen molar-refractivity contribution in [2.45, 2.75) is 6.54 Å². The molecule has 0 bridgehead atoms. The van der Waals surface area contributed by atoms with Crippen molar-refractivity contribution in [2.75, 3.05) is 6.79 Å². The first-order chi connectivity index (χ1) is 10.6. The fourth-order valence-corrected chi connectivity index (χ4v) is 2.03. The first-order valence-electron chi connectivity index (χ1n) is 6.36. The molecule has 7 heteroatoms. The van der Waals surface area contributed by atoms with Crippen molar-refractivity contribution in [3.63, 3.8) is 0 Å². The highest BCUT2D eigenvalue weighted by Gasteiger charge is 2.19. The number of hydrogen-bond acceptors (Lipinski definition) is 3. The number of carbonyl (C=O) groups excluding carboxylic acids is 1. The average molecular weight is 309 g/mol. The summed E-state index contributed by atoms with van der Waals surface area (Å²) in [6.45, 7) is 0.207. The lowest BCUT2D eigenvalue weighted by molar-refractivity contribution is 0.0945. The van der Waals surface area contributed by atoms with Crippen LogP contribution in [0.15, 0.2) is 30.3 Å². The predicted octanol–water partition coefficient (Wildman–Crippen LogP) is 2.76. The fraction of sp³-hybridized carbons (Fsp3) is 0.133. The smallest absolute Gasteiger partial charge is 0.254 e. The van der Waals surface area contributed by atoms with Gasteiger partial charge in [-0.05, 0) is 29.8 Å². The summed E-state index contributed by atoms with van der Waals surface area (Å²) < 4.78 is 49.8. The zero-order chi connectivity index (χ0) is 15.7. The second-order valence-corrected chi connectivity index (χ2v) is 4.59. The highest BCUT2D eigenvalue weighted by Crippen LogP contribution is 2.32. The Balaban J connectivity index is 1.71. The molecule has 0 atom stereocenters. The monoisotopic (exact) mass is 309 g/mol. The first kappa shape index (κ1) is 14.2. The van der Waals surface area contributed by atoms with Gasteiger partial charge in [0.1, 0.15) is 0 Å². The first-order valence-corrected chi connectivity index (χ1v) is 6.36. The molecule has 0 saturated heterocycles. The van der Waals surface area contributed by atoms with Gasteiger partial charge in [-0.2, -0.15) is 0 Å². The minimum Gasteiger partial charge on any atom is -0.454 e. The molecule has 1 N–H and O–H groups in total. The van der Waals surface area contributed by atoms with Crippen LogP contribution in [0.2, 0.25) is 0 Å². The van der Waals surface area contributed by atoms with Gasteiger partial charge in [0.05, 0.1) is 5.56 Å². The van der Waals surface area contributed by atoms with Crippen molar-refractivity contribution < 1.29 is 27.4 Å². The summed E-state index contributed by atoms with van der Waals surface area (Å²) in [5.41, 5.74) is 0.139. The molecule has 1 aliphatic heterocycles. The van der Waals surface area contributed by atoms with Crippen LogP contribution in [-0.4, -0.2) is 12.7 Å². The molecule has 114 valence electrons. The second kappa shape index (κ2) is 5.59. The molecule has 0 aliphatic carbocycles. The molecular weight excluding hydrogens is 299 g/mol. The maximum atomic E-state index is 13.5. The topological polar surface area (TPSA) is 47.6 Å². The minimum absolute atomic E-state index is 0.0773. The van der Waals surface area contributed by atoms with Crippen LogP contribution < -0.4 is 14.8 Å². The largest absolute Gasteiger partial charge is 0.454 e. The number of amides is 1. The molecule has 1 aliphatic rings. The third kappa shape index (κ3) is 2.57. The lowest BCUT2D eigenvalue weighted by Crippen LogP contribution is -2.24. The Labute approximate surface area is 123 Å². The summed E-state index contributed by atoms with van der Waals surface area (Å²) in [5, 5.41) is 2.43. The van der Waals surface area contributed by atoms with E-state index in [9.17, 15) is 18.0 Å². The summed E-state index contributed by atoms with van der Waals surface area (Å²) in [5.74, 6) is -4.22. The Morgan fingerprint density at radius 1 is 1.05 bits per heavy atom. The molecule has 0 saturated carbocycles. The van der Waals surface area contributed by atoms with Crippen LogP contribution in [0.3, 0.4) is 0 Å². The molecule has 2 aromatic carbocycles. The molecule has 3 rings (SSSR count). The van der Waals surface area contributed by atoms with E-state index in [2.05, 4.69) is 5.32 Å². The van der Waals surface area contributed by atoms with Crippen LogP contribution in [-0.2, 0) is 6.54 Å². The molecule has 1 heterocycles. The number of fused-ring (bicyclic) bond motifs is 1. The number of benzene rings is 2. The van der Waals surface area contributed by atoms with E-state index in [1.54, 1.807) is 18.2 Å². The molecule has 0 radical (unpaired) electrons. The highest BCUT2D eigenvalue weighted by molar-refractivity contribution is 5.94. The third-order valence-electron chi connectivity index (χ3n) is 3.17. The lowest BCUT2D eigenvalue weighted by atomic mass is 10.1. The van der Waals surface area contributed by atoms with E-state index >= 15 is 0 Å². The number of carbonyl (C=O) groups is 1. The van der Waals surface area contributed by atoms with Crippen molar-refractivity contribution in [1.82, 2.24) is 5.32 Å². The summed E-state index contributed by atoms with van der Waals surface area (Å²) in [7, 11) is 0. The standard InChI is InChI=1S/C15H10F3NO3/c16-10-3-2-9(13(17)14(10)18)15(20)19-6-8-1-4-11-12(5-8)22-7-21-11/h1-5H,6-7H2,(H,19,20). The lowest BCUT2D eigenvalue weighted by Gasteiger charge is -2.07. The Bertz CT molecular complexity index is 749. The Kier molecular flexibility index (Phi) is 3.62. The number of nitrogens with one attached hydrogen (secondary N) is 1. The van der Waals surface area contributed by atoms with Gasteiger partial charge in [-0.15, -0.1) is 0 Å².